The van der Waals surface area contributed by atoms with E-state index in [-0.39, 0.29) is 12.1 Å². The van der Waals surface area contributed by atoms with Gasteiger partial charge in [0.15, 0.2) is 0 Å². The lowest BCUT2D eigenvalue weighted by atomic mass is 9.90. The summed E-state index contributed by atoms with van der Waals surface area (Å²) in [5, 5.41) is 13.3. The molecule has 2 N–H and O–H groups in total. The van der Waals surface area contributed by atoms with Crippen molar-refractivity contribution in [3.05, 3.63) is 0 Å². The van der Waals surface area contributed by atoms with Crippen LogP contribution in [0.3, 0.4) is 0 Å². The summed E-state index contributed by atoms with van der Waals surface area (Å²) in [6, 6.07) is 0.678. The van der Waals surface area contributed by atoms with Gasteiger partial charge in [0.25, 0.3) is 0 Å². The molecule has 0 amide bonds. The van der Waals surface area contributed by atoms with Gasteiger partial charge in [0, 0.05) is 24.8 Å². The fourth-order valence-corrected chi connectivity index (χ4v) is 3.00. The lowest BCUT2D eigenvalue weighted by molar-refractivity contribution is 0.0411. The molecule has 0 radical (unpaired) electrons. The molecule has 0 saturated carbocycles. The maximum atomic E-state index is 9.72. The summed E-state index contributed by atoms with van der Waals surface area (Å²) in [6.07, 6.45) is 6.60. The Bertz CT molecular complexity index is 239. The Morgan fingerprint density at radius 1 is 1.30 bits per heavy atom. The van der Waals surface area contributed by atoms with Gasteiger partial charge in [-0.15, -0.1) is 0 Å². The van der Waals surface area contributed by atoms with Crippen LogP contribution in [0.25, 0.3) is 0 Å². The predicted octanol–water partition coefficient (Wildman–Crippen LogP) is 2.02. The summed E-state index contributed by atoms with van der Waals surface area (Å²) < 4.78 is 5.42. The average molecular weight is 286 g/mol. The van der Waals surface area contributed by atoms with E-state index in [1.165, 1.54) is 0 Å². The molecule has 1 fully saturated rings. The van der Waals surface area contributed by atoms with E-state index >= 15 is 0 Å². The van der Waals surface area contributed by atoms with Gasteiger partial charge in [-0.1, -0.05) is 13.8 Å². The first-order valence-corrected chi connectivity index (χ1v) is 8.31. The van der Waals surface area contributed by atoms with Crippen molar-refractivity contribution in [2.45, 2.75) is 64.0 Å². The number of hydrogen-bond acceptors (Lipinski definition) is 4. The first-order chi connectivity index (χ1) is 9.67. The van der Waals surface area contributed by atoms with Crippen molar-refractivity contribution < 1.29 is 9.84 Å². The van der Waals surface area contributed by atoms with Crippen molar-refractivity contribution >= 4 is 0 Å². The fraction of sp³-hybridized carbons (Fsp3) is 1.00. The second-order valence-electron chi connectivity index (χ2n) is 6.15. The summed E-state index contributed by atoms with van der Waals surface area (Å²) in [4.78, 5) is 2.47. The van der Waals surface area contributed by atoms with E-state index in [1.54, 1.807) is 0 Å². The molecule has 1 aliphatic heterocycles. The van der Waals surface area contributed by atoms with E-state index in [0.717, 1.165) is 64.8 Å². The third-order valence-electron chi connectivity index (χ3n) is 4.71. The van der Waals surface area contributed by atoms with Crippen LogP contribution in [0.15, 0.2) is 0 Å². The van der Waals surface area contributed by atoms with E-state index in [1.807, 2.05) is 0 Å². The monoisotopic (exact) mass is 286 g/mol. The molecule has 1 unspecified atom stereocenters. The van der Waals surface area contributed by atoms with Crippen LogP contribution in [-0.2, 0) is 4.74 Å². The van der Waals surface area contributed by atoms with Crippen LogP contribution >= 0.6 is 0 Å². The summed E-state index contributed by atoms with van der Waals surface area (Å²) in [5.41, 5.74) is -0.0769. The standard InChI is InChI=1S/C16H34N2O2/c1-4-10-17-16(5-2,14-19)9-6-11-18(3)15-7-12-20-13-8-15/h15,17,19H,4-14H2,1-3H3. The predicted molar refractivity (Wildman–Crippen MR) is 84.1 cm³/mol. The molecule has 1 rings (SSSR count). The van der Waals surface area contributed by atoms with Crippen LogP contribution in [-0.4, -0.2) is 61.5 Å². The Balaban J connectivity index is 2.31. The number of nitrogens with zero attached hydrogens (tertiary/aromatic N) is 1. The summed E-state index contributed by atoms with van der Waals surface area (Å²) in [7, 11) is 2.22. The van der Waals surface area contributed by atoms with E-state index < -0.39 is 0 Å². The molecule has 4 heteroatoms. The van der Waals surface area contributed by atoms with Crippen molar-refractivity contribution in [1.82, 2.24) is 10.2 Å². The molecule has 4 nitrogen and oxygen atoms in total. The van der Waals surface area contributed by atoms with Gasteiger partial charge in [0.2, 0.25) is 0 Å². The molecule has 0 aromatic heterocycles. The third kappa shape index (κ3) is 5.68. The smallest absolute Gasteiger partial charge is 0.0613 e. The topological polar surface area (TPSA) is 44.7 Å². The number of aliphatic hydroxyl groups is 1. The minimum absolute atomic E-state index is 0.0769. The first kappa shape index (κ1) is 17.9. The Morgan fingerprint density at radius 2 is 2.00 bits per heavy atom. The highest BCUT2D eigenvalue weighted by molar-refractivity contribution is 4.86. The second-order valence-corrected chi connectivity index (χ2v) is 6.15. The Morgan fingerprint density at radius 3 is 2.55 bits per heavy atom. The van der Waals surface area contributed by atoms with E-state index in [4.69, 9.17) is 4.74 Å². The number of rotatable bonds is 10. The Hall–Kier alpha value is -0.160. The second kappa shape index (κ2) is 9.72. The summed E-state index contributed by atoms with van der Waals surface area (Å²) in [5.74, 6) is 0. The van der Waals surface area contributed by atoms with Gasteiger partial charge < -0.3 is 20.1 Å². The minimum atomic E-state index is -0.0769. The quantitative estimate of drug-likeness (QED) is 0.645. The number of aliphatic hydroxyl groups excluding tert-OH is 1. The maximum Gasteiger partial charge on any atom is 0.0613 e. The van der Waals surface area contributed by atoms with Crippen LogP contribution in [0, 0.1) is 0 Å². The zero-order chi connectivity index (χ0) is 14.8. The average Bonchev–Trinajstić information content (AvgIpc) is 2.51. The lowest BCUT2D eigenvalue weighted by Gasteiger charge is -2.35. The molecule has 20 heavy (non-hydrogen) atoms. The molecule has 0 aliphatic carbocycles. The van der Waals surface area contributed by atoms with E-state index in [2.05, 4.69) is 31.1 Å². The molecule has 1 saturated heterocycles. The normalized spacial score (nSPS) is 20.2. The maximum absolute atomic E-state index is 9.72. The third-order valence-corrected chi connectivity index (χ3v) is 4.71. The van der Waals surface area contributed by atoms with Gasteiger partial charge in [-0.2, -0.15) is 0 Å². The molecule has 0 aromatic rings. The van der Waals surface area contributed by atoms with Gasteiger partial charge >= 0.3 is 0 Å². The highest BCUT2D eigenvalue weighted by Crippen LogP contribution is 2.19. The van der Waals surface area contributed by atoms with Crippen molar-refractivity contribution in [1.29, 1.82) is 0 Å². The van der Waals surface area contributed by atoms with Gasteiger partial charge in [0.1, 0.15) is 0 Å². The van der Waals surface area contributed by atoms with Crippen LogP contribution in [0.5, 0.6) is 0 Å². The highest BCUT2D eigenvalue weighted by Gasteiger charge is 2.26. The number of hydrogen-bond donors (Lipinski definition) is 2. The lowest BCUT2D eigenvalue weighted by Crippen LogP contribution is -2.49. The molecule has 120 valence electrons. The highest BCUT2D eigenvalue weighted by atomic mass is 16.5. The molecule has 1 atom stereocenters. The zero-order valence-corrected chi connectivity index (χ0v) is 13.7. The minimum Gasteiger partial charge on any atom is -0.394 e. The number of ether oxygens (including phenoxy) is 1. The fourth-order valence-electron chi connectivity index (χ4n) is 3.00. The van der Waals surface area contributed by atoms with Gasteiger partial charge in [0.05, 0.1) is 6.61 Å². The van der Waals surface area contributed by atoms with Crippen molar-refractivity contribution in [2.75, 3.05) is 40.0 Å². The molecule has 1 aliphatic rings. The van der Waals surface area contributed by atoms with Crippen LogP contribution in [0.4, 0.5) is 0 Å². The SMILES string of the molecule is CCCNC(CC)(CO)CCCN(C)C1CCOCC1. The van der Waals surface area contributed by atoms with Crippen molar-refractivity contribution in [2.24, 2.45) is 0 Å². The number of nitrogens with one attached hydrogen (secondary N) is 1. The molecular weight excluding hydrogens is 252 g/mol. The van der Waals surface area contributed by atoms with Crippen molar-refractivity contribution in [3.8, 4) is 0 Å². The summed E-state index contributed by atoms with van der Waals surface area (Å²) in [6.45, 7) is 8.49. The van der Waals surface area contributed by atoms with Crippen LogP contribution < -0.4 is 5.32 Å². The largest absolute Gasteiger partial charge is 0.394 e. The zero-order valence-electron chi connectivity index (χ0n) is 13.7. The van der Waals surface area contributed by atoms with Gasteiger partial charge in [-0.25, -0.2) is 0 Å². The van der Waals surface area contributed by atoms with Gasteiger partial charge in [-0.05, 0) is 58.7 Å². The van der Waals surface area contributed by atoms with Gasteiger partial charge in [-0.3, -0.25) is 0 Å². The van der Waals surface area contributed by atoms with Crippen LogP contribution in [0.2, 0.25) is 0 Å². The van der Waals surface area contributed by atoms with Crippen molar-refractivity contribution in [3.63, 3.8) is 0 Å². The molecular formula is C16H34N2O2. The Labute approximate surface area is 124 Å². The molecule has 0 bridgehead atoms. The first-order valence-electron chi connectivity index (χ1n) is 8.31. The summed E-state index contributed by atoms with van der Waals surface area (Å²) >= 11 is 0. The molecule has 0 spiro atoms. The Kier molecular flexibility index (Phi) is 8.69. The van der Waals surface area contributed by atoms with Crippen LogP contribution in [0.1, 0.15) is 52.4 Å². The van der Waals surface area contributed by atoms with E-state index in [9.17, 15) is 5.11 Å². The molecule has 0 aromatic carbocycles. The van der Waals surface area contributed by atoms with E-state index in [0.29, 0.717) is 6.04 Å². The molecule has 1 heterocycles.